The minimum atomic E-state index is -0.375. The summed E-state index contributed by atoms with van der Waals surface area (Å²) in [5.74, 6) is 0.347. The molecule has 2 rings (SSSR count). The van der Waals surface area contributed by atoms with E-state index in [0.717, 1.165) is 18.9 Å². The van der Waals surface area contributed by atoms with Gasteiger partial charge in [0.1, 0.15) is 5.82 Å². The zero-order chi connectivity index (χ0) is 9.26. The monoisotopic (exact) mass is 181 g/mol. The number of nitrogens with two attached hydrogens (primary N) is 1. The number of aromatic nitrogens is 1. The van der Waals surface area contributed by atoms with Crippen molar-refractivity contribution in [2.45, 2.75) is 12.8 Å². The van der Waals surface area contributed by atoms with Crippen molar-refractivity contribution in [3.8, 4) is 0 Å². The lowest BCUT2D eigenvalue weighted by Crippen LogP contribution is -2.20. The van der Waals surface area contributed by atoms with E-state index in [-0.39, 0.29) is 5.82 Å². The van der Waals surface area contributed by atoms with Crippen LogP contribution in [0.3, 0.4) is 0 Å². The molecule has 4 heteroatoms. The van der Waals surface area contributed by atoms with Gasteiger partial charge in [0.05, 0.1) is 11.9 Å². The molecule has 0 atom stereocenters. The molecule has 1 fully saturated rings. The fraction of sp³-hybridized carbons (Fsp3) is 0.444. The lowest BCUT2D eigenvalue weighted by atomic mass is 10.3. The molecule has 0 bridgehead atoms. The Morgan fingerprint density at radius 3 is 2.69 bits per heavy atom. The number of rotatable bonds is 1. The first-order valence-corrected chi connectivity index (χ1v) is 4.43. The zero-order valence-electron chi connectivity index (χ0n) is 7.33. The molecule has 0 saturated carbocycles. The highest BCUT2D eigenvalue weighted by Gasteiger charge is 2.15. The van der Waals surface area contributed by atoms with E-state index in [1.54, 1.807) is 0 Å². The van der Waals surface area contributed by atoms with Gasteiger partial charge in [0.15, 0.2) is 5.82 Å². The molecule has 1 aliphatic heterocycles. The Morgan fingerprint density at radius 2 is 2.08 bits per heavy atom. The zero-order valence-corrected chi connectivity index (χ0v) is 7.33. The maximum atomic E-state index is 12.7. The fourth-order valence-electron chi connectivity index (χ4n) is 1.64. The van der Waals surface area contributed by atoms with Crippen LogP contribution in [-0.4, -0.2) is 18.1 Å². The first kappa shape index (κ1) is 8.29. The van der Waals surface area contributed by atoms with Crippen LogP contribution in [0, 0.1) is 5.82 Å². The summed E-state index contributed by atoms with van der Waals surface area (Å²) in [5, 5.41) is 0. The molecule has 0 aromatic carbocycles. The Morgan fingerprint density at radius 1 is 1.38 bits per heavy atom. The lowest BCUT2D eigenvalue weighted by molar-refractivity contribution is 0.621. The highest BCUT2D eigenvalue weighted by atomic mass is 19.1. The number of nitrogen functional groups attached to an aromatic ring is 1. The first-order valence-electron chi connectivity index (χ1n) is 4.43. The molecular weight excluding hydrogens is 169 g/mol. The van der Waals surface area contributed by atoms with Crippen molar-refractivity contribution in [3.05, 3.63) is 18.1 Å². The molecule has 0 aliphatic carbocycles. The molecule has 1 aliphatic rings. The molecule has 0 radical (unpaired) electrons. The van der Waals surface area contributed by atoms with Gasteiger partial charge in [-0.15, -0.1) is 0 Å². The normalized spacial score (nSPS) is 16.5. The number of anilines is 2. The van der Waals surface area contributed by atoms with Gasteiger partial charge in [0.25, 0.3) is 0 Å². The van der Waals surface area contributed by atoms with Gasteiger partial charge in [-0.3, -0.25) is 0 Å². The van der Waals surface area contributed by atoms with Gasteiger partial charge in [-0.25, -0.2) is 9.37 Å². The van der Waals surface area contributed by atoms with Crippen LogP contribution in [0.1, 0.15) is 12.8 Å². The van der Waals surface area contributed by atoms with Crippen molar-refractivity contribution in [2.24, 2.45) is 0 Å². The van der Waals surface area contributed by atoms with Gasteiger partial charge >= 0.3 is 0 Å². The fourth-order valence-corrected chi connectivity index (χ4v) is 1.64. The lowest BCUT2D eigenvalue weighted by Gasteiger charge is -2.17. The highest BCUT2D eigenvalue weighted by molar-refractivity contribution is 5.62. The topological polar surface area (TPSA) is 42.1 Å². The third-order valence-electron chi connectivity index (χ3n) is 2.27. The van der Waals surface area contributed by atoms with Crippen molar-refractivity contribution in [1.82, 2.24) is 4.98 Å². The summed E-state index contributed by atoms with van der Waals surface area (Å²) in [6.07, 6.45) is 3.54. The average Bonchev–Trinajstić information content (AvgIpc) is 2.56. The summed E-state index contributed by atoms with van der Waals surface area (Å²) in [4.78, 5) is 6.08. The third kappa shape index (κ3) is 1.56. The molecule has 1 aromatic heterocycles. The summed E-state index contributed by atoms with van der Waals surface area (Å²) in [7, 11) is 0. The largest absolute Gasteiger partial charge is 0.396 e. The summed E-state index contributed by atoms with van der Waals surface area (Å²) in [5.41, 5.74) is 6.09. The van der Waals surface area contributed by atoms with E-state index in [2.05, 4.69) is 9.88 Å². The number of nitrogens with zero attached hydrogens (tertiary/aromatic N) is 2. The number of hydrogen-bond donors (Lipinski definition) is 1. The number of hydrogen-bond acceptors (Lipinski definition) is 3. The van der Waals surface area contributed by atoms with Crippen molar-refractivity contribution < 1.29 is 4.39 Å². The number of pyridine rings is 1. The van der Waals surface area contributed by atoms with Crippen LogP contribution >= 0.6 is 0 Å². The first-order chi connectivity index (χ1) is 6.27. The van der Waals surface area contributed by atoms with Crippen LogP contribution in [0.15, 0.2) is 12.3 Å². The maximum absolute atomic E-state index is 12.7. The van der Waals surface area contributed by atoms with E-state index in [1.165, 1.54) is 25.1 Å². The van der Waals surface area contributed by atoms with Gasteiger partial charge in [0, 0.05) is 19.2 Å². The van der Waals surface area contributed by atoms with Gasteiger partial charge in [-0.1, -0.05) is 0 Å². The second kappa shape index (κ2) is 3.20. The second-order valence-corrected chi connectivity index (χ2v) is 3.26. The highest BCUT2D eigenvalue weighted by Crippen LogP contribution is 2.24. The minimum absolute atomic E-state index is 0.375. The molecule has 2 N–H and O–H groups in total. The smallest absolute Gasteiger partial charge is 0.151 e. The molecule has 0 spiro atoms. The SMILES string of the molecule is Nc1cc(F)cnc1N1CCCC1. The van der Waals surface area contributed by atoms with Crippen molar-refractivity contribution in [1.29, 1.82) is 0 Å². The maximum Gasteiger partial charge on any atom is 0.151 e. The predicted octanol–water partition coefficient (Wildman–Crippen LogP) is 1.40. The Bertz CT molecular complexity index is 308. The van der Waals surface area contributed by atoms with Crippen LogP contribution in [0.2, 0.25) is 0 Å². The Balaban J connectivity index is 2.29. The average molecular weight is 181 g/mol. The Labute approximate surface area is 76.4 Å². The molecule has 70 valence electrons. The van der Waals surface area contributed by atoms with E-state index in [0.29, 0.717) is 5.69 Å². The molecular formula is C9H12FN3. The summed E-state index contributed by atoms with van der Waals surface area (Å²) < 4.78 is 12.7. The number of halogens is 1. The van der Waals surface area contributed by atoms with E-state index in [1.807, 2.05) is 0 Å². The van der Waals surface area contributed by atoms with E-state index >= 15 is 0 Å². The Hall–Kier alpha value is -1.32. The van der Waals surface area contributed by atoms with Crippen LogP contribution < -0.4 is 10.6 Å². The van der Waals surface area contributed by atoms with E-state index < -0.39 is 0 Å². The van der Waals surface area contributed by atoms with Gasteiger partial charge in [-0.2, -0.15) is 0 Å². The van der Waals surface area contributed by atoms with Crippen LogP contribution in [0.5, 0.6) is 0 Å². The van der Waals surface area contributed by atoms with Crippen LogP contribution in [0.25, 0.3) is 0 Å². The summed E-state index contributed by atoms with van der Waals surface area (Å²) >= 11 is 0. The standard InChI is InChI=1S/C9H12FN3/c10-7-5-8(11)9(12-6-7)13-3-1-2-4-13/h5-6H,1-4,11H2. The molecule has 3 nitrogen and oxygen atoms in total. The molecule has 1 aromatic rings. The van der Waals surface area contributed by atoms with Crippen molar-refractivity contribution >= 4 is 11.5 Å². The molecule has 0 amide bonds. The molecule has 1 saturated heterocycles. The van der Waals surface area contributed by atoms with Gasteiger partial charge in [-0.05, 0) is 12.8 Å². The van der Waals surface area contributed by atoms with Crippen LogP contribution in [-0.2, 0) is 0 Å². The summed E-state index contributed by atoms with van der Waals surface area (Å²) in [6, 6.07) is 1.32. The van der Waals surface area contributed by atoms with Crippen molar-refractivity contribution in [3.63, 3.8) is 0 Å². The second-order valence-electron chi connectivity index (χ2n) is 3.26. The molecule has 0 unspecified atom stereocenters. The molecule has 2 heterocycles. The minimum Gasteiger partial charge on any atom is -0.396 e. The third-order valence-corrected chi connectivity index (χ3v) is 2.27. The van der Waals surface area contributed by atoms with Crippen molar-refractivity contribution in [2.75, 3.05) is 23.7 Å². The Kier molecular flexibility index (Phi) is 2.04. The predicted molar refractivity (Wildman–Crippen MR) is 50.1 cm³/mol. The molecule has 13 heavy (non-hydrogen) atoms. The van der Waals surface area contributed by atoms with Crippen LogP contribution in [0.4, 0.5) is 15.9 Å². The van der Waals surface area contributed by atoms with E-state index in [9.17, 15) is 4.39 Å². The van der Waals surface area contributed by atoms with E-state index in [4.69, 9.17) is 5.73 Å². The summed E-state index contributed by atoms with van der Waals surface area (Å²) in [6.45, 7) is 1.95. The van der Waals surface area contributed by atoms with Gasteiger partial charge < -0.3 is 10.6 Å². The quantitative estimate of drug-likeness (QED) is 0.712. The van der Waals surface area contributed by atoms with Gasteiger partial charge in [0.2, 0.25) is 0 Å².